The van der Waals surface area contributed by atoms with Gasteiger partial charge in [0.15, 0.2) is 0 Å². The van der Waals surface area contributed by atoms with Crippen LogP contribution < -0.4 is 11.1 Å². The van der Waals surface area contributed by atoms with E-state index in [1.807, 2.05) is 0 Å². The average Bonchev–Trinajstić information content (AvgIpc) is 2.95. The van der Waals surface area contributed by atoms with Gasteiger partial charge in [-0.15, -0.1) is 0 Å². The van der Waals surface area contributed by atoms with Crippen molar-refractivity contribution in [2.45, 2.75) is 37.3 Å². The van der Waals surface area contributed by atoms with Crippen LogP contribution in [0.2, 0.25) is 0 Å². The molecule has 2 rings (SSSR count). The van der Waals surface area contributed by atoms with Crippen LogP contribution in [0.1, 0.15) is 25.7 Å². The maximum Gasteiger partial charge on any atom is 0.223 e. The molecule has 1 saturated heterocycles. The fourth-order valence-corrected chi connectivity index (χ4v) is 2.61. The first-order chi connectivity index (χ1) is 8.15. The van der Waals surface area contributed by atoms with Crippen LogP contribution in [-0.2, 0) is 14.3 Å². The number of carbonyl (C=O) groups is 1. The van der Waals surface area contributed by atoms with Crippen molar-refractivity contribution in [3.8, 4) is 0 Å². The summed E-state index contributed by atoms with van der Waals surface area (Å²) in [7, 11) is 1.67. The molecule has 0 aromatic carbocycles. The standard InChI is InChI=1S/C12H22N2O3/c1-16-12(4-5-17-8-12)7-14-11(15)9-2-3-10(13)6-9/h9-10H,2-8,13H2,1H3,(H,14,15). The number of nitrogens with one attached hydrogen (secondary N) is 1. The zero-order valence-corrected chi connectivity index (χ0v) is 10.4. The van der Waals surface area contributed by atoms with Crippen LogP contribution in [0, 0.1) is 5.92 Å². The molecule has 3 atom stereocenters. The van der Waals surface area contributed by atoms with Gasteiger partial charge in [0.2, 0.25) is 5.91 Å². The summed E-state index contributed by atoms with van der Waals surface area (Å²) in [5, 5.41) is 2.98. The molecule has 1 aliphatic heterocycles. The van der Waals surface area contributed by atoms with Crippen LogP contribution in [0.3, 0.4) is 0 Å². The molecular formula is C12H22N2O3. The number of hydrogen-bond acceptors (Lipinski definition) is 4. The third-order valence-electron chi connectivity index (χ3n) is 3.93. The van der Waals surface area contributed by atoms with E-state index in [0.29, 0.717) is 19.8 Å². The fourth-order valence-electron chi connectivity index (χ4n) is 2.61. The smallest absolute Gasteiger partial charge is 0.223 e. The Kier molecular flexibility index (Phi) is 4.01. The van der Waals surface area contributed by atoms with Crippen LogP contribution in [0.5, 0.6) is 0 Å². The molecule has 0 spiro atoms. The van der Waals surface area contributed by atoms with Gasteiger partial charge in [0.05, 0.1) is 6.61 Å². The van der Waals surface area contributed by atoms with E-state index in [-0.39, 0.29) is 23.5 Å². The Bertz CT molecular complexity index is 277. The van der Waals surface area contributed by atoms with Gasteiger partial charge < -0.3 is 20.5 Å². The number of rotatable bonds is 4. The molecule has 2 fully saturated rings. The first kappa shape index (κ1) is 12.8. The Hall–Kier alpha value is -0.650. The number of nitrogens with two attached hydrogens (primary N) is 1. The summed E-state index contributed by atoms with van der Waals surface area (Å²) < 4.78 is 10.8. The van der Waals surface area contributed by atoms with Crippen molar-refractivity contribution in [1.29, 1.82) is 0 Å². The minimum atomic E-state index is -0.323. The lowest BCUT2D eigenvalue weighted by atomic mass is 10.0. The van der Waals surface area contributed by atoms with Gasteiger partial charge in [0.25, 0.3) is 0 Å². The number of methoxy groups -OCH3 is 1. The largest absolute Gasteiger partial charge is 0.378 e. The van der Waals surface area contributed by atoms with Crippen LogP contribution in [-0.4, -0.2) is 44.4 Å². The minimum absolute atomic E-state index is 0.0845. The second-order valence-electron chi connectivity index (χ2n) is 5.18. The summed E-state index contributed by atoms with van der Waals surface area (Å²) in [6.07, 6.45) is 3.51. The second kappa shape index (κ2) is 5.33. The highest BCUT2D eigenvalue weighted by Gasteiger charge is 2.36. The predicted octanol–water partition coefficient (Wildman–Crippen LogP) is 0.0355. The van der Waals surface area contributed by atoms with Crippen molar-refractivity contribution in [1.82, 2.24) is 5.32 Å². The number of hydrogen-bond donors (Lipinski definition) is 2. The van der Waals surface area contributed by atoms with E-state index in [1.54, 1.807) is 7.11 Å². The molecule has 5 heteroatoms. The van der Waals surface area contributed by atoms with Gasteiger partial charge in [-0.05, 0) is 19.3 Å². The quantitative estimate of drug-likeness (QED) is 0.730. The summed E-state index contributed by atoms with van der Waals surface area (Å²) in [5.74, 6) is 0.197. The molecule has 0 radical (unpaired) electrons. The fraction of sp³-hybridized carbons (Fsp3) is 0.917. The molecule has 1 aliphatic carbocycles. The van der Waals surface area contributed by atoms with Crippen molar-refractivity contribution < 1.29 is 14.3 Å². The lowest BCUT2D eigenvalue weighted by Gasteiger charge is -2.26. The Balaban J connectivity index is 1.79. The monoisotopic (exact) mass is 242 g/mol. The van der Waals surface area contributed by atoms with E-state index in [1.165, 1.54) is 0 Å². The Morgan fingerprint density at radius 3 is 2.94 bits per heavy atom. The summed E-state index contributed by atoms with van der Waals surface area (Å²) in [6.45, 7) is 1.81. The van der Waals surface area contributed by atoms with Gasteiger partial charge in [0.1, 0.15) is 5.60 Å². The zero-order valence-electron chi connectivity index (χ0n) is 10.4. The van der Waals surface area contributed by atoms with Gasteiger partial charge in [-0.1, -0.05) is 0 Å². The molecule has 2 aliphatic rings. The first-order valence-corrected chi connectivity index (χ1v) is 6.31. The minimum Gasteiger partial charge on any atom is -0.378 e. The molecule has 5 nitrogen and oxygen atoms in total. The van der Waals surface area contributed by atoms with Crippen LogP contribution >= 0.6 is 0 Å². The first-order valence-electron chi connectivity index (χ1n) is 6.31. The maximum atomic E-state index is 11.9. The van der Waals surface area contributed by atoms with Crippen molar-refractivity contribution in [3.63, 3.8) is 0 Å². The molecule has 98 valence electrons. The maximum absolute atomic E-state index is 11.9. The molecule has 3 unspecified atom stereocenters. The third kappa shape index (κ3) is 2.97. The highest BCUT2D eigenvalue weighted by Crippen LogP contribution is 2.25. The van der Waals surface area contributed by atoms with Gasteiger partial charge >= 0.3 is 0 Å². The van der Waals surface area contributed by atoms with Crippen molar-refractivity contribution in [3.05, 3.63) is 0 Å². The predicted molar refractivity (Wildman–Crippen MR) is 63.5 cm³/mol. The van der Waals surface area contributed by atoms with Crippen LogP contribution in [0.15, 0.2) is 0 Å². The summed E-state index contributed by atoms with van der Waals surface area (Å²) >= 11 is 0. The van der Waals surface area contributed by atoms with E-state index < -0.39 is 0 Å². The van der Waals surface area contributed by atoms with Crippen molar-refractivity contribution in [2.75, 3.05) is 26.9 Å². The third-order valence-corrected chi connectivity index (χ3v) is 3.93. The van der Waals surface area contributed by atoms with Gasteiger partial charge in [-0.25, -0.2) is 0 Å². The topological polar surface area (TPSA) is 73.6 Å². The van der Waals surface area contributed by atoms with Gasteiger partial charge in [0, 0.05) is 38.6 Å². The van der Waals surface area contributed by atoms with Gasteiger partial charge in [-0.2, -0.15) is 0 Å². The van der Waals surface area contributed by atoms with E-state index in [9.17, 15) is 4.79 Å². The van der Waals surface area contributed by atoms with Crippen molar-refractivity contribution >= 4 is 5.91 Å². The molecule has 1 saturated carbocycles. The van der Waals surface area contributed by atoms with Crippen molar-refractivity contribution in [2.24, 2.45) is 11.7 Å². The van der Waals surface area contributed by atoms with E-state index >= 15 is 0 Å². The number of amides is 1. The van der Waals surface area contributed by atoms with E-state index in [0.717, 1.165) is 25.7 Å². The summed E-state index contributed by atoms with van der Waals surface area (Å²) in [5.41, 5.74) is 5.49. The van der Waals surface area contributed by atoms with Crippen LogP contribution in [0.4, 0.5) is 0 Å². The summed E-state index contributed by atoms with van der Waals surface area (Å²) in [4.78, 5) is 11.9. The Morgan fingerprint density at radius 1 is 1.59 bits per heavy atom. The van der Waals surface area contributed by atoms with Crippen LogP contribution in [0.25, 0.3) is 0 Å². The molecule has 0 bridgehead atoms. The molecule has 0 aromatic heterocycles. The summed E-state index contributed by atoms with van der Waals surface area (Å²) in [6, 6.07) is 0.192. The molecule has 1 amide bonds. The Labute approximate surface area is 102 Å². The molecule has 0 aromatic rings. The number of ether oxygens (including phenoxy) is 2. The average molecular weight is 242 g/mol. The van der Waals surface area contributed by atoms with Gasteiger partial charge in [-0.3, -0.25) is 4.79 Å². The number of carbonyl (C=O) groups excluding carboxylic acids is 1. The lowest BCUT2D eigenvalue weighted by Crippen LogP contribution is -2.46. The molecule has 3 N–H and O–H groups in total. The Morgan fingerprint density at radius 2 is 2.41 bits per heavy atom. The highest BCUT2D eigenvalue weighted by molar-refractivity contribution is 5.79. The SMILES string of the molecule is COC1(CNC(=O)C2CCC(N)C2)CCOC1. The highest BCUT2D eigenvalue weighted by atomic mass is 16.5. The lowest BCUT2D eigenvalue weighted by molar-refractivity contribution is -0.126. The normalized spacial score (nSPS) is 37.3. The zero-order chi connectivity index (χ0) is 12.3. The molecule has 1 heterocycles. The molecular weight excluding hydrogens is 220 g/mol. The second-order valence-corrected chi connectivity index (χ2v) is 5.18. The van der Waals surface area contributed by atoms with E-state index in [4.69, 9.17) is 15.2 Å². The van der Waals surface area contributed by atoms with E-state index in [2.05, 4.69) is 5.32 Å². The molecule has 17 heavy (non-hydrogen) atoms.